The normalized spacial score (nSPS) is 15.2. The highest BCUT2D eigenvalue weighted by molar-refractivity contribution is 7.98. The molecule has 1 aromatic heterocycles. The Hall–Kier alpha value is -3.33. The molecule has 1 amide bonds. The van der Waals surface area contributed by atoms with E-state index in [1.165, 1.54) is 32.0 Å². The zero-order valence-corrected chi connectivity index (χ0v) is 17.7. The number of carbonyl (C=O) groups excluding carboxylic acids is 1. The highest BCUT2D eigenvalue weighted by atomic mass is 32.2. The fourth-order valence-electron chi connectivity index (χ4n) is 3.53. The van der Waals surface area contributed by atoms with Crippen molar-refractivity contribution >= 4 is 23.5 Å². The van der Waals surface area contributed by atoms with Gasteiger partial charge >= 0.3 is 0 Å². The second-order valence-corrected chi connectivity index (χ2v) is 7.90. The molecule has 0 bridgehead atoms. The lowest BCUT2D eigenvalue weighted by molar-refractivity contribution is -0.116. The summed E-state index contributed by atoms with van der Waals surface area (Å²) in [6.45, 7) is 0. The van der Waals surface area contributed by atoms with Gasteiger partial charge in [-0.05, 0) is 29.3 Å². The van der Waals surface area contributed by atoms with Gasteiger partial charge in [0.25, 0.3) is 5.56 Å². The highest BCUT2D eigenvalue weighted by Gasteiger charge is 2.31. The van der Waals surface area contributed by atoms with Crippen molar-refractivity contribution < 1.29 is 18.7 Å². The second-order valence-electron chi connectivity index (χ2n) is 6.93. The highest BCUT2D eigenvalue weighted by Crippen LogP contribution is 2.38. The zero-order valence-electron chi connectivity index (χ0n) is 16.9. The van der Waals surface area contributed by atoms with Crippen molar-refractivity contribution in [2.45, 2.75) is 23.2 Å². The van der Waals surface area contributed by atoms with E-state index in [2.05, 4.69) is 15.3 Å². The van der Waals surface area contributed by atoms with E-state index in [0.29, 0.717) is 33.5 Å². The van der Waals surface area contributed by atoms with Gasteiger partial charge in [-0.2, -0.15) is 0 Å². The van der Waals surface area contributed by atoms with Crippen molar-refractivity contribution in [1.82, 2.24) is 9.97 Å². The standard InChI is InChI=1S/C22H20FN3O4S/c1-29-16-8-7-12(9-17(16)30-2)14-10-18(27)24-20-19(14)21(28)26-22(25-20)31-11-13-5-3-4-6-15(13)23/h3-9,14H,10-11H2,1-2H3,(H2,24,25,26,27,28). The Labute approximate surface area is 182 Å². The largest absolute Gasteiger partial charge is 0.493 e. The van der Waals surface area contributed by atoms with Gasteiger partial charge < -0.3 is 19.8 Å². The summed E-state index contributed by atoms with van der Waals surface area (Å²) < 4.78 is 24.5. The van der Waals surface area contributed by atoms with Gasteiger partial charge in [-0.25, -0.2) is 9.37 Å². The number of ether oxygens (including phenoxy) is 2. The first kappa shape index (κ1) is 20.9. The van der Waals surface area contributed by atoms with Gasteiger partial charge in [0, 0.05) is 18.1 Å². The van der Waals surface area contributed by atoms with E-state index < -0.39 is 5.92 Å². The lowest BCUT2D eigenvalue weighted by Gasteiger charge is -2.25. The molecule has 0 saturated heterocycles. The van der Waals surface area contributed by atoms with Crippen molar-refractivity contribution in [1.29, 1.82) is 0 Å². The van der Waals surface area contributed by atoms with E-state index >= 15 is 0 Å². The molecule has 0 radical (unpaired) electrons. The van der Waals surface area contributed by atoms with Crippen LogP contribution in [0, 0.1) is 5.82 Å². The molecule has 31 heavy (non-hydrogen) atoms. The molecule has 1 atom stereocenters. The van der Waals surface area contributed by atoms with Crippen LogP contribution in [0.4, 0.5) is 10.2 Å². The van der Waals surface area contributed by atoms with E-state index in [4.69, 9.17) is 9.47 Å². The Bertz CT molecular complexity index is 1200. The minimum atomic E-state index is -0.481. The van der Waals surface area contributed by atoms with E-state index in [1.54, 1.807) is 36.4 Å². The number of benzene rings is 2. The van der Waals surface area contributed by atoms with Crippen molar-refractivity contribution in [2.75, 3.05) is 19.5 Å². The maximum absolute atomic E-state index is 13.9. The van der Waals surface area contributed by atoms with Crippen LogP contribution in [0.15, 0.2) is 52.4 Å². The number of H-pyrrole nitrogens is 1. The van der Waals surface area contributed by atoms with Crippen LogP contribution >= 0.6 is 11.8 Å². The molecule has 2 aromatic carbocycles. The fourth-order valence-corrected chi connectivity index (χ4v) is 4.38. The SMILES string of the molecule is COc1ccc(C2CC(=O)Nc3nc(SCc4ccccc4F)[nH]c(=O)c32)cc1OC. The molecule has 0 spiro atoms. The third-order valence-electron chi connectivity index (χ3n) is 5.06. The number of hydrogen-bond donors (Lipinski definition) is 2. The molecule has 0 fully saturated rings. The number of fused-ring (bicyclic) bond motifs is 1. The third-order valence-corrected chi connectivity index (χ3v) is 5.98. The van der Waals surface area contributed by atoms with Crippen LogP contribution in [-0.2, 0) is 10.5 Å². The van der Waals surface area contributed by atoms with E-state index in [0.717, 1.165) is 5.56 Å². The van der Waals surface area contributed by atoms with Crippen molar-refractivity contribution in [3.05, 3.63) is 75.3 Å². The fraction of sp³-hybridized carbons (Fsp3) is 0.227. The third kappa shape index (κ3) is 4.27. The van der Waals surface area contributed by atoms with Crippen LogP contribution in [-0.4, -0.2) is 30.1 Å². The summed E-state index contributed by atoms with van der Waals surface area (Å²) in [7, 11) is 3.06. The van der Waals surface area contributed by atoms with Crippen LogP contribution in [0.25, 0.3) is 0 Å². The Morgan fingerprint density at radius 1 is 1.13 bits per heavy atom. The molecule has 160 valence electrons. The van der Waals surface area contributed by atoms with Crippen LogP contribution in [0.2, 0.25) is 0 Å². The van der Waals surface area contributed by atoms with Gasteiger partial charge in [-0.1, -0.05) is 36.0 Å². The number of amides is 1. The topological polar surface area (TPSA) is 93.3 Å². The zero-order chi connectivity index (χ0) is 22.0. The van der Waals surface area contributed by atoms with Gasteiger partial charge in [0.1, 0.15) is 11.6 Å². The van der Waals surface area contributed by atoms with Crippen molar-refractivity contribution in [2.24, 2.45) is 0 Å². The number of halogens is 1. The first-order valence-corrected chi connectivity index (χ1v) is 10.5. The molecule has 1 unspecified atom stereocenters. The Kier molecular flexibility index (Phi) is 5.94. The number of thioether (sulfide) groups is 1. The number of nitrogens with one attached hydrogen (secondary N) is 2. The van der Waals surface area contributed by atoms with Gasteiger partial charge in [-0.3, -0.25) is 9.59 Å². The van der Waals surface area contributed by atoms with Gasteiger partial charge in [0.05, 0.1) is 19.8 Å². The second kappa shape index (κ2) is 8.81. The number of aromatic amines is 1. The summed E-state index contributed by atoms with van der Waals surface area (Å²) in [5, 5.41) is 2.99. The Morgan fingerprint density at radius 2 is 1.90 bits per heavy atom. The van der Waals surface area contributed by atoms with Crippen molar-refractivity contribution in [3.8, 4) is 11.5 Å². The maximum Gasteiger partial charge on any atom is 0.257 e. The molecule has 2 heterocycles. The summed E-state index contributed by atoms with van der Waals surface area (Å²) in [5.41, 5.74) is 1.27. The predicted molar refractivity (Wildman–Crippen MR) is 115 cm³/mol. The summed E-state index contributed by atoms with van der Waals surface area (Å²) in [4.78, 5) is 32.5. The smallest absolute Gasteiger partial charge is 0.257 e. The molecule has 0 aliphatic carbocycles. The average Bonchev–Trinajstić information content (AvgIpc) is 2.77. The summed E-state index contributed by atoms with van der Waals surface area (Å²) >= 11 is 1.19. The summed E-state index contributed by atoms with van der Waals surface area (Å²) in [5.74, 6) is 0.531. The van der Waals surface area contributed by atoms with E-state index in [1.807, 2.05) is 0 Å². The Morgan fingerprint density at radius 3 is 2.65 bits per heavy atom. The molecule has 1 aliphatic heterocycles. The molecule has 7 nitrogen and oxygen atoms in total. The minimum Gasteiger partial charge on any atom is -0.493 e. The number of carbonyl (C=O) groups is 1. The monoisotopic (exact) mass is 441 g/mol. The number of aromatic nitrogens is 2. The molecule has 9 heteroatoms. The van der Waals surface area contributed by atoms with Crippen molar-refractivity contribution in [3.63, 3.8) is 0 Å². The predicted octanol–water partition coefficient (Wildman–Crippen LogP) is 3.69. The molecular formula is C22H20FN3O4S. The number of anilines is 1. The molecule has 3 aromatic rings. The summed E-state index contributed by atoms with van der Waals surface area (Å²) in [6, 6.07) is 11.7. The first-order chi connectivity index (χ1) is 15.0. The van der Waals surface area contributed by atoms with Gasteiger partial charge in [-0.15, -0.1) is 0 Å². The van der Waals surface area contributed by atoms with E-state index in [-0.39, 0.29) is 29.5 Å². The lowest BCUT2D eigenvalue weighted by Crippen LogP contribution is -2.31. The van der Waals surface area contributed by atoms with E-state index in [9.17, 15) is 14.0 Å². The van der Waals surface area contributed by atoms with Crippen LogP contribution < -0.4 is 20.3 Å². The molecule has 0 saturated carbocycles. The van der Waals surface area contributed by atoms with Crippen LogP contribution in [0.1, 0.15) is 29.0 Å². The minimum absolute atomic E-state index is 0.106. The first-order valence-electron chi connectivity index (χ1n) is 9.52. The summed E-state index contributed by atoms with van der Waals surface area (Å²) in [6.07, 6.45) is 0.106. The number of nitrogens with zero attached hydrogens (tertiary/aromatic N) is 1. The number of rotatable bonds is 6. The van der Waals surface area contributed by atoms with Gasteiger partial charge in [0.15, 0.2) is 16.7 Å². The van der Waals surface area contributed by atoms with Crippen LogP contribution in [0.5, 0.6) is 11.5 Å². The van der Waals surface area contributed by atoms with Gasteiger partial charge in [0.2, 0.25) is 5.91 Å². The average molecular weight is 441 g/mol. The maximum atomic E-state index is 13.9. The molecular weight excluding hydrogens is 421 g/mol. The lowest BCUT2D eigenvalue weighted by atomic mass is 9.86. The number of methoxy groups -OCH3 is 2. The number of hydrogen-bond acceptors (Lipinski definition) is 6. The Balaban J connectivity index is 1.67. The van der Waals surface area contributed by atoms with Crippen LogP contribution in [0.3, 0.4) is 0 Å². The molecule has 2 N–H and O–H groups in total. The quantitative estimate of drug-likeness (QED) is 0.448. The molecule has 1 aliphatic rings. The molecule has 4 rings (SSSR count).